The number of rotatable bonds is 1. The fraction of sp³-hybridized carbons (Fsp3) is 0.522. The lowest BCUT2D eigenvalue weighted by Crippen LogP contribution is -2.57. The van der Waals surface area contributed by atoms with Gasteiger partial charge in [0.15, 0.2) is 0 Å². The Morgan fingerprint density at radius 2 is 1.85 bits per heavy atom. The molecule has 1 aromatic rings. The first-order valence-electron chi connectivity index (χ1n) is 11.5. The fourth-order valence-corrected chi connectivity index (χ4v) is 4.54. The number of hydrogen-bond donors (Lipinski definition) is 3. The van der Waals surface area contributed by atoms with Crippen LogP contribution in [0.25, 0.3) is 0 Å². The van der Waals surface area contributed by atoms with Gasteiger partial charge in [0.25, 0.3) is 5.91 Å². The van der Waals surface area contributed by atoms with Gasteiger partial charge in [-0.15, -0.1) is 0 Å². The van der Waals surface area contributed by atoms with Crippen molar-refractivity contribution in [2.75, 3.05) is 32.8 Å². The Labute approximate surface area is 197 Å². The van der Waals surface area contributed by atoms with E-state index in [2.05, 4.69) is 16.0 Å². The van der Waals surface area contributed by atoms with E-state index in [1.807, 2.05) is 0 Å². The van der Waals surface area contributed by atoms with Crippen molar-refractivity contribution in [1.29, 1.82) is 0 Å². The average Bonchev–Trinajstić information content (AvgIpc) is 3.29. The van der Waals surface area contributed by atoms with Gasteiger partial charge in [-0.2, -0.15) is 0 Å². The van der Waals surface area contributed by atoms with Gasteiger partial charge in [0, 0.05) is 19.6 Å². The van der Waals surface area contributed by atoms with Crippen LogP contribution in [0.15, 0.2) is 24.3 Å². The highest BCUT2D eigenvalue weighted by Gasteiger charge is 2.35. The molecule has 3 atom stereocenters. The predicted octanol–water partition coefficient (Wildman–Crippen LogP) is -0.978. The Kier molecular flexibility index (Phi) is 6.99. The molecule has 11 heteroatoms. The van der Waals surface area contributed by atoms with E-state index < -0.39 is 29.8 Å². The molecule has 0 unspecified atom stereocenters. The lowest BCUT2D eigenvalue weighted by atomic mass is 10.1. The predicted molar refractivity (Wildman–Crippen MR) is 120 cm³/mol. The van der Waals surface area contributed by atoms with Crippen LogP contribution in [-0.4, -0.2) is 90.2 Å². The third-order valence-electron chi connectivity index (χ3n) is 6.31. The molecule has 1 aromatic carbocycles. The SMILES string of the molecule is C[C@@H]1NC(=O)C[C@@H](C(=O)N2CCNC(=O)C2)NC(=O)c2ccccc2OC[C@H]2CCCN2C1=O. The van der Waals surface area contributed by atoms with Crippen LogP contribution < -0.4 is 20.7 Å². The van der Waals surface area contributed by atoms with Crippen molar-refractivity contribution < 1.29 is 28.7 Å². The smallest absolute Gasteiger partial charge is 0.255 e. The Morgan fingerprint density at radius 3 is 2.65 bits per heavy atom. The lowest BCUT2D eigenvalue weighted by Gasteiger charge is -2.31. The standard InChI is InChI=1S/C23H29N5O6/c1-14-22(32)28-9-4-5-15(28)13-34-18-7-3-2-6-16(18)21(31)26-17(11-19(29)25-14)23(33)27-10-8-24-20(30)12-27/h2-3,6-7,14-15,17H,4-5,8-13H2,1H3,(H,24,30)(H,25,29)(H,26,31)/t14-,15+,17-/m0/s1. The molecule has 5 amide bonds. The summed E-state index contributed by atoms with van der Waals surface area (Å²) in [6, 6.07) is 4.47. The molecular weight excluding hydrogens is 442 g/mol. The molecule has 0 bridgehead atoms. The van der Waals surface area contributed by atoms with Crippen LogP contribution in [0.5, 0.6) is 5.75 Å². The molecule has 34 heavy (non-hydrogen) atoms. The number of hydrogen-bond acceptors (Lipinski definition) is 6. The number of benzene rings is 1. The van der Waals surface area contributed by atoms with Crippen molar-refractivity contribution in [3.63, 3.8) is 0 Å². The molecule has 3 aliphatic heterocycles. The first-order chi connectivity index (χ1) is 16.3. The number of nitrogens with one attached hydrogen (secondary N) is 3. The highest BCUT2D eigenvalue weighted by atomic mass is 16.5. The first-order valence-corrected chi connectivity index (χ1v) is 11.5. The van der Waals surface area contributed by atoms with E-state index in [9.17, 15) is 24.0 Å². The second-order valence-electron chi connectivity index (χ2n) is 8.76. The van der Waals surface area contributed by atoms with Crippen LogP contribution in [-0.2, 0) is 19.2 Å². The number of para-hydroxylation sites is 1. The zero-order valence-corrected chi connectivity index (χ0v) is 19.0. The Morgan fingerprint density at radius 1 is 1.06 bits per heavy atom. The summed E-state index contributed by atoms with van der Waals surface area (Å²) in [5, 5.41) is 7.94. The van der Waals surface area contributed by atoms with Crippen LogP contribution in [0.3, 0.4) is 0 Å². The van der Waals surface area contributed by atoms with Crippen LogP contribution in [0.4, 0.5) is 0 Å². The van der Waals surface area contributed by atoms with Crippen molar-refractivity contribution in [3.8, 4) is 5.75 Å². The summed E-state index contributed by atoms with van der Waals surface area (Å²) in [6.45, 7) is 2.77. The molecule has 0 spiro atoms. The maximum absolute atomic E-state index is 13.2. The third kappa shape index (κ3) is 5.13. The molecule has 0 aromatic heterocycles. The maximum Gasteiger partial charge on any atom is 0.255 e. The largest absolute Gasteiger partial charge is 0.491 e. The van der Waals surface area contributed by atoms with Crippen LogP contribution in [0.1, 0.15) is 36.5 Å². The molecule has 0 aliphatic carbocycles. The number of piperazine rings is 1. The van der Waals surface area contributed by atoms with E-state index in [1.165, 1.54) is 4.90 Å². The highest BCUT2D eigenvalue weighted by molar-refractivity contribution is 6.01. The van der Waals surface area contributed by atoms with E-state index in [0.717, 1.165) is 12.8 Å². The minimum atomic E-state index is -1.21. The van der Waals surface area contributed by atoms with Crippen molar-refractivity contribution in [3.05, 3.63) is 29.8 Å². The summed E-state index contributed by atoms with van der Waals surface area (Å²) in [7, 11) is 0. The van der Waals surface area contributed by atoms with Crippen LogP contribution in [0, 0.1) is 0 Å². The first kappa shape index (κ1) is 23.5. The summed E-state index contributed by atoms with van der Waals surface area (Å²) in [5.41, 5.74) is 0.221. The monoisotopic (exact) mass is 471 g/mol. The molecule has 3 heterocycles. The fourth-order valence-electron chi connectivity index (χ4n) is 4.54. The number of fused-ring (bicyclic) bond motifs is 2. The van der Waals surface area contributed by atoms with Gasteiger partial charge in [-0.25, -0.2) is 0 Å². The molecule has 2 fully saturated rings. The van der Waals surface area contributed by atoms with Gasteiger partial charge in [-0.1, -0.05) is 12.1 Å². The van der Waals surface area contributed by atoms with Crippen LogP contribution >= 0.6 is 0 Å². The molecule has 2 saturated heterocycles. The molecular formula is C23H29N5O6. The number of nitrogens with zero attached hydrogens (tertiary/aromatic N) is 2. The Balaban J connectivity index is 1.63. The summed E-state index contributed by atoms with van der Waals surface area (Å²) >= 11 is 0. The van der Waals surface area contributed by atoms with Gasteiger partial charge >= 0.3 is 0 Å². The van der Waals surface area contributed by atoms with E-state index in [-0.39, 0.29) is 56.1 Å². The molecule has 4 rings (SSSR count). The van der Waals surface area contributed by atoms with Crippen molar-refractivity contribution in [2.24, 2.45) is 0 Å². The Hall–Kier alpha value is -3.63. The quantitative estimate of drug-likeness (QED) is 0.482. The molecule has 0 saturated carbocycles. The Bertz CT molecular complexity index is 998. The van der Waals surface area contributed by atoms with Crippen molar-refractivity contribution in [2.45, 2.75) is 44.3 Å². The van der Waals surface area contributed by atoms with Gasteiger partial charge in [0.1, 0.15) is 24.4 Å². The minimum Gasteiger partial charge on any atom is -0.491 e. The van der Waals surface area contributed by atoms with Gasteiger partial charge in [0.2, 0.25) is 23.6 Å². The summed E-state index contributed by atoms with van der Waals surface area (Å²) in [4.78, 5) is 66.9. The second-order valence-corrected chi connectivity index (χ2v) is 8.76. The van der Waals surface area contributed by atoms with Gasteiger partial charge in [-0.05, 0) is 31.9 Å². The van der Waals surface area contributed by atoms with Gasteiger partial charge in [0.05, 0.1) is 24.6 Å². The van der Waals surface area contributed by atoms with E-state index in [4.69, 9.17) is 4.74 Å². The second kappa shape index (κ2) is 10.1. The number of carbonyl (C=O) groups is 5. The molecule has 0 radical (unpaired) electrons. The molecule has 3 aliphatic rings. The van der Waals surface area contributed by atoms with E-state index in [1.54, 1.807) is 36.1 Å². The average molecular weight is 472 g/mol. The lowest BCUT2D eigenvalue weighted by molar-refractivity contribution is -0.141. The molecule has 182 valence electrons. The van der Waals surface area contributed by atoms with Crippen molar-refractivity contribution >= 4 is 29.5 Å². The van der Waals surface area contributed by atoms with Gasteiger partial charge in [-0.3, -0.25) is 24.0 Å². The zero-order chi connectivity index (χ0) is 24.2. The van der Waals surface area contributed by atoms with Crippen molar-refractivity contribution in [1.82, 2.24) is 25.8 Å². The topological polar surface area (TPSA) is 137 Å². The molecule has 11 nitrogen and oxygen atoms in total. The minimum absolute atomic E-state index is 0.155. The third-order valence-corrected chi connectivity index (χ3v) is 6.31. The van der Waals surface area contributed by atoms with Gasteiger partial charge < -0.3 is 30.5 Å². The number of amides is 5. The summed E-state index contributed by atoms with van der Waals surface area (Å²) in [5.74, 6) is -1.84. The normalized spacial score (nSPS) is 26.3. The number of carbonyl (C=O) groups excluding carboxylic acids is 5. The summed E-state index contributed by atoms with van der Waals surface area (Å²) in [6.07, 6.45) is 1.22. The maximum atomic E-state index is 13.2. The zero-order valence-electron chi connectivity index (χ0n) is 19.0. The van der Waals surface area contributed by atoms with E-state index in [0.29, 0.717) is 12.3 Å². The highest BCUT2D eigenvalue weighted by Crippen LogP contribution is 2.23. The van der Waals surface area contributed by atoms with Crippen LogP contribution in [0.2, 0.25) is 0 Å². The molecule has 3 N–H and O–H groups in total. The summed E-state index contributed by atoms with van der Waals surface area (Å²) < 4.78 is 5.96. The van der Waals surface area contributed by atoms with E-state index >= 15 is 0 Å². The number of ether oxygens (including phenoxy) is 1.